The summed E-state index contributed by atoms with van der Waals surface area (Å²) in [4.78, 5) is 0. The van der Waals surface area contributed by atoms with Crippen molar-refractivity contribution in [1.29, 1.82) is 0 Å². The van der Waals surface area contributed by atoms with Crippen LogP contribution in [-0.2, 0) is 13.0 Å². The maximum atomic E-state index is 13.5. The largest absolute Gasteiger partial charge is 0.366 e. The third-order valence-corrected chi connectivity index (χ3v) is 2.84. The molecule has 6 heteroatoms. The predicted octanol–water partition coefficient (Wildman–Crippen LogP) is 3.33. The van der Waals surface area contributed by atoms with E-state index in [1.54, 1.807) is 24.3 Å². The van der Waals surface area contributed by atoms with Crippen LogP contribution in [0.1, 0.15) is 12.5 Å². The van der Waals surface area contributed by atoms with Gasteiger partial charge in [0.15, 0.2) is 0 Å². The molecule has 1 aromatic carbocycles. The van der Waals surface area contributed by atoms with E-state index in [9.17, 15) is 13.2 Å². The van der Waals surface area contributed by atoms with E-state index < -0.39 is 13.0 Å². The number of hydrogen-bond acceptors (Lipinski definition) is 2. The molecule has 1 aromatic heterocycles. The molecule has 1 atom stereocenters. The Bertz CT molecular complexity index is 554. The smallest absolute Gasteiger partial charge is 0.257 e. The van der Waals surface area contributed by atoms with Gasteiger partial charge < -0.3 is 5.32 Å². The van der Waals surface area contributed by atoms with Gasteiger partial charge in [0.1, 0.15) is 18.2 Å². The van der Waals surface area contributed by atoms with Crippen molar-refractivity contribution < 1.29 is 13.2 Å². The van der Waals surface area contributed by atoms with Gasteiger partial charge in [-0.3, -0.25) is 4.68 Å². The average molecular weight is 283 g/mol. The molecule has 0 unspecified atom stereocenters. The normalized spacial score (nSPS) is 12.7. The van der Waals surface area contributed by atoms with E-state index >= 15 is 0 Å². The first-order valence-corrected chi connectivity index (χ1v) is 6.36. The van der Waals surface area contributed by atoms with Crippen molar-refractivity contribution in [3.63, 3.8) is 0 Å². The fourth-order valence-electron chi connectivity index (χ4n) is 1.98. The molecule has 0 amide bonds. The lowest BCUT2D eigenvalue weighted by molar-refractivity contribution is 0.122. The summed E-state index contributed by atoms with van der Waals surface area (Å²) in [7, 11) is 0. The molecule has 1 heterocycles. The molecule has 0 aliphatic heterocycles. The molecule has 1 N–H and O–H groups in total. The summed E-state index contributed by atoms with van der Waals surface area (Å²) in [5, 5.41) is 7.05. The lowest BCUT2D eigenvalue weighted by Gasteiger charge is -2.13. The summed E-state index contributed by atoms with van der Waals surface area (Å²) in [6.07, 6.45) is -0.447. The summed E-state index contributed by atoms with van der Waals surface area (Å²) >= 11 is 0. The molecular weight excluding hydrogens is 267 g/mol. The highest BCUT2D eigenvalue weighted by molar-refractivity contribution is 5.34. The van der Waals surface area contributed by atoms with Gasteiger partial charge in [0.05, 0.1) is 0 Å². The number of halogens is 3. The molecule has 0 bridgehead atoms. The number of nitrogens with zero attached hydrogens (tertiary/aromatic N) is 2. The van der Waals surface area contributed by atoms with E-state index in [0.717, 1.165) is 0 Å². The first-order chi connectivity index (χ1) is 9.54. The average Bonchev–Trinajstić information content (AvgIpc) is 2.78. The van der Waals surface area contributed by atoms with Crippen molar-refractivity contribution in [1.82, 2.24) is 9.78 Å². The van der Waals surface area contributed by atoms with E-state index in [0.29, 0.717) is 17.8 Å². The van der Waals surface area contributed by atoms with E-state index in [1.807, 2.05) is 6.92 Å². The summed E-state index contributed by atoms with van der Waals surface area (Å²) in [6.45, 7) is 1.46. The van der Waals surface area contributed by atoms with Gasteiger partial charge in [-0.15, -0.1) is 0 Å². The summed E-state index contributed by atoms with van der Waals surface area (Å²) in [6, 6.07) is 8.13. The van der Waals surface area contributed by atoms with Crippen LogP contribution in [0.2, 0.25) is 0 Å². The number of anilines is 1. The molecule has 0 radical (unpaired) electrons. The van der Waals surface area contributed by atoms with E-state index in [2.05, 4.69) is 10.4 Å². The first-order valence-electron chi connectivity index (χ1n) is 6.36. The molecule has 0 fully saturated rings. The van der Waals surface area contributed by atoms with Gasteiger partial charge in [0.2, 0.25) is 0 Å². The van der Waals surface area contributed by atoms with Crippen LogP contribution in [0.3, 0.4) is 0 Å². The quantitative estimate of drug-likeness (QED) is 0.881. The monoisotopic (exact) mass is 283 g/mol. The third kappa shape index (κ3) is 4.01. The minimum Gasteiger partial charge on any atom is -0.366 e. The predicted molar refractivity (Wildman–Crippen MR) is 71.4 cm³/mol. The van der Waals surface area contributed by atoms with E-state index in [-0.39, 0.29) is 11.9 Å². The fourth-order valence-corrected chi connectivity index (χ4v) is 1.98. The highest BCUT2D eigenvalue weighted by atomic mass is 19.3. The topological polar surface area (TPSA) is 29.9 Å². The molecule has 20 heavy (non-hydrogen) atoms. The van der Waals surface area contributed by atoms with Crippen LogP contribution in [0, 0.1) is 5.82 Å². The Morgan fingerprint density at radius 3 is 2.70 bits per heavy atom. The van der Waals surface area contributed by atoms with Crippen molar-refractivity contribution >= 4 is 5.82 Å². The van der Waals surface area contributed by atoms with Gasteiger partial charge >= 0.3 is 0 Å². The standard InChI is InChI=1S/C14H16F3N3/c1-10(8-11-4-2-3-5-12(11)15)18-14-6-7-20(19-14)9-13(16)17/h2-7,10,13H,8-9H2,1H3,(H,18,19)/t10-/m1/s1. The van der Waals surface area contributed by atoms with Crippen LogP contribution in [0.25, 0.3) is 0 Å². The lowest BCUT2D eigenvalue weighted by Crippen LogP contribution is -2.19. The van der Waals surface area contributed by atoms with Crippen LogP contribution in [-0.4, -0.2) is 22.2 Å². The Hall–Kier alpha value is -1.98. The Kier molecular flexibility index (Phi) is 4.65. The lowest BCUT2D eigenvalue weighted by atomic mass is 10.1. The fraction of sp³-hybridized carbons (Fsp3) is 0.357. The molecule has 3 nitrogen and oxygen atoms in total. The van der Waals surface area contributed by atoms with Crippen LogP contribution >= 0.6 is 0 Å². The molecular formula is C14H16F3N3. The van der Waals surface area contributed by atoms with Crippen LogP contribution < -0.4 is 5.32 Å². The molecule has 2 rings (SSSR count). The van der Waals surface area contributed by atoms with Crippen molar-refractivity contribution in [2.75, 3.05) is 5.32 Å². The number of rotatable bonds is 6. The van der Waals surface area contributed by atoms with Crippen LogP contribution in [0.15, 0.2) is 36.5 Å². The summed E-state index contributed by atoms with van der Waals surface area (Å²) < 4.78 is 39.1. The number of alkyl halides is 2. The van der Waals surface area contributed by atoms with Crippen LogP contribution in [0.5, 0.6) is 0 Å². The third-order valence-electron chi connectivity index (χ3n) is 2.84. The molecule has 0 saturated heterocycles. The Morgan fingerprint density at radius 2 is 2.00 bits per heavy atom. The van der Waals surface area contributed by atoms with Gasteiger partial charge in [-0.05, 0) is 25.0 Å². The molecule has 0 aliphatic carbocycles. The van der Waals surface area contributed by atoms with Crippen molar-refractivity contribution in [3.8, 4) is 0 Å². The van der Waals surface area contributed by atoms with Gasteiger partial charge in [0, 0.05) is 18.3 Å². The van der Waals surface area contributed by atoms with Crippen molar-refractivity contribution in [2.45, 2.75) is 32.4 Å². The minimum absolute atomic E-state index is 0.0539. The molecule has 0 spiro atoms. The zero-order valence-electron chi connectivity index (χ0n) is 11.1. The zero-order chi connectivity index (χ0) is 14.5. The SMILES string of the molecule is C[C@H](Cc1ccccc1F)Nc1ccn(CC(F)F)n1. The summed E-state index contributed by atoms with van der Waals surface area (Å²) in [5.41, 5.74) is 0.611. The van der Waals surface area contributed by atoms with Gasteiger partial charge in [-0.25, -0.2) is 13.2 Å². The maximum absolute atomic E-state index is 13.5. The number of benzene rings is 1. The second kappa shape index (κ2) is 6.45. The molecule has 0 aliphatic rings. The molecule has 0 saturated carbocycles. The highest BCUT2D eigenvalue weighted by Gasteiger charge is 2.10. The van der Waals surface area contributed by atoms with E-state index in [4.69, 9.17) is 0 Å². The summed E-state index contributed by atoms with van der Waals surface area (Å²) in [5.74, 6) is 0.263. The Labute approximate surface area is 115 Å². The number of aromatic nitrogens is 2. The molecule has 108 valence electrons. The van der Waals surface area contributed by atoms with Crippen LogP contribution in [0.4, 0.5) is 19.0 Å². The second-order valence-corrected chi connectivity index (χ2v) is 4.66. The minimum atomic E-state index is -2.43. The van der Waals surface area contributed by atoms with Crippen molar-refractivity contribution in [2.24, 2.45) is 0 Å². The van der Waals surface area contributed by atoms with E-state index in [1.165, 1.54) is 16.9 Å². The second-order valence-electron chi connectivity index (χ2n) is 4.66. The van der Waals surface area contributed by atoms with Gasteiger partial charge in [-0.2, -0.15) is 5.10 Å². The van der Waals surface area contributed by atoms with Gasteiger partial charge in [-0.1, -0.05) is 18.2 Å². The number of nitrogens with one attached hydrogen (secondary N) is 1. The number of hydrogen-bond donors (Lipinski definition) is 1. The first kappa shape index (κ1) is 14.4. The maximum Gasteiger partial charge on any atom is 0.257 e. The highest BCUT2D eigenvalue weighted by Crippen LogP contribution is 2.12. The van der Waals surface area contributed by atoms with Gasteiger partial charge in [0.25, 0.3) is 6.43 Å². The Morgan fingerprint density at radius 1 is 1.25 bits per heavy atom. The molecule has 2 aromatic rings. The zero-order valence-corrected chi connectivity index (χ0v) is 11.1. The van der Waals surface area contributed by atoms with Crippen molar-refractivity contribution in [3.05, 3.63) is 47.9 Å². The Balaban J connectivity index is 1.93.